The van der Waals surface area contributed by atoms with Gasteiger partial charge in [0.1, 0.15) is 6.54 Å². The van der Waals surface area contributed by atoms with Crippen molar-refractivity contribution in [3.05, 3.63) is 17.3 Å². The SMILES string of the molecule is Cc1nnc(NC(=O)Cn2nnc(C(=O)O)c2CN)o1. The molecular formula is C9H11N7O4. The van der Waals surface area contributed by atoms with Crippen molar-refractivity contribution in [3.8, 4) is 0 Å². The van der Waals surface area contributed by atoms with Gasteiger partial charge in [-0.2, -0.15) is 0 Å². The van der Waals surface area contributed by atoms with E-state index in [9.17, 15) is 9.59 Å². The summed E-state index contributed by atoms with van der Waals surface area (Å²) in [5.41, 5.74) is 5.29. The fraction of sp³-hybridized carbons (Fsp3) is 0.333. The highest BCUT2D eigenvalue weighted by atomic mass is 16.4. The summed E-state index contributed by atoms with van der Waals surface area (Å²) in [5.74, 6) is -1.48. The number of rotatable bonds is 5. The van der Waals surface area contributed by atoms with Crippen LogP contribution in [0.2, 0.25) is 0 Å². The zero-order valence-corrected chi connectivity index (χ0v) is 10.4. The molecule has 0 unspecified atom stereocenters. The summed E-state index contributed by atoms with van der Waals surface area (Å²) < 4.78 is 6.07. The van der Waals surface area contributed by atoms with Crippen LogP contribution in [-0.2, 0) is 17.9 Å². The van der Waals surface area contributed by atoms with E-state index in [0.29, 0.717) is 5.89 Å². The molecule has 0 aliphatic carbocycles. The Bertz CT molecular complexity index is 647. The third kappa shape index (κ3) is 2.77. The second kappa shape index (κ2) is 5.44. The maximum Gasteiger partial charge on any atom is 0.358 e. The number of carbonyl (C=O) groups is 2. The number of aromatic nitrogens is 5. The molecule has 2 aromatic rings. The third-order valence-corrected chi connectivity index (χ3v) is 2.30. The standard InChI is InChI=1S/C9H11N7O4/c1-4-12-14-9(20-4)11-6(17)3-16-5(2-10)7(8(18)19)13-15-16/h2-3,10H2,1H3,(H,18,19)(H,11,14,17). The van der Waals surface area contributed by atoms with Crippen LogP contribution in [0.25, 0.3) is 0 Å². The van der Waals surface area contributed by atoms with E-state index in [1.54, 1.807) is 6.92 Å². The van der Waals surface area contributed by atoms with E-state index in [0.717, 1.165) is 4.68 Å². The highest BCUT2D eigenvalue weighted by Crippen LogP contribution is 2.07. The molecule has 0 saturated carbocycles. The van der Waals surface area contributed by atoms with Gasteiger partial charge in [-0.05, 0) is 0 Å². The Morgan fingerprint density at radius 3 is 2.70 bits per heavy atom. The summed E-state index contributed by atoms with van der Waals surface area (Å²) >= 11 is 0. The summed E-state index contributed by atoms with van der Waals surface area (Å²) in [6, 6.07) is -0.0552. The second-order valence-corrected chi connectivity index (χ2v) is 3.73. The van der Waals surface area contributed by atoms with Crippen LogP contribution in [0, 0.1) is 6.92 Å². The number of hydrogen-bond acceptors (Lipinski definition) is 8. The fourth-order valence-corrected chi connectivity index (χ4v) is 1.47. The first-order chi connectivity index (χ1) is 9.51. The minimum absolute atomic E-state index is 0.0552. The first-order valence-corrected chi connectivity index (χ1v) is 5.47. The zero-order valence-electron chi connectivity index (χ0n) is 10.4. The topological polar surface area (TPSA) is 162 Å². The Morgan fingerprint density at radius 2 is 2.15 bits per heavy atom. The van der Waals surface area contributed by atoms with Gasteiger partial charge in [-0.3, -0.25) is 10.1 Å². The van der Waals surface area contributed by atoms with E-state index in [1.165, 1.54) is 0 Å². The van der Waals surface area contributed by atoms with Gasteiger partial charge < -0.3 is 15.3 Å². The van der Waals surface area contributed by atoms with Gasteiger partial charge in [0.25, 0.3) is 0 Å². The van der Waals surface area contributed by atoms with Gasteiger partial charge in [-0.25, -0.2) is 9.48 Å². The minimum atomic E-state index is -1.26. The molecule has 0 aromatic carbocycles. The predicted molar refractivity (Wildman–Crippen MR) is 62.5 cm³/mol. The lowest BCUT2D eigenvalue weighted by Crippen LogP contribution is -2.22. The number of nitrogens with one attached hydrogen (secondary N) is 1. The molecule has 0 saturated heterocycles. The highest BCUT2D eigenvalue weighted by Gasteiger charge is 2.19. The van der Waals surface area contributed by atoms with Crippen LogP contribution in [0.15, 0.2) is 4.42 Å². The first kappa shape index (κ1) is 13.6. The summed E-state index contributed by atoms with van der Waals surface area (Å²) in [5, 5.41) is 25.4. The largest absolute Gasteiger partial charge is 0.476 e. The maximum atomic E-state index is 11.7. The van der Waals surface area contributed by atoms with Gasteiger partial charge in [0.15, 0.2) is 5.69 Å². The molecule has 0 aliphatic rings. The summed E-state index contributed by atoms with van der Waals surface area (Å²) in [6.45, 7) is 1.20. The lowest BCUT2D eigenvalue weighted by molar-refractivity contribution is -0.117. The molecule has 2 heterocycles. The van der Waals surface area contributed by atoms with Crippen molar-refractivity contribution in [1.29, 1.82) is 0 Å². The number of carboxylic acid groups (broad SMARTS) is 1. The van der Waals surface area contributed by atoms with Crippen LogP contribution < -0.4 is 11.1 Å². The number of nitrogens with zero attached hydrogens (tertiary/aromatic N) is 5. The number of nitrogens with two attached hydrogens (primary N) is 1. The normalized spacial score (nSPS) is 10.5. The van der Waals surface area contributed by atoms with Gasteiger partial charge in [0.2, 0.25) is 11.8 Å². The van der Waals surface area contributed by atoms with Crippen molar-refractivity contribution in [2.75, 3.05) is 5.32 Å². The number of aromatic carboxylic acids is 1. The Balaban J connectivity index is 2.10. The van der Waals surface area contributed by atoms with E-state index in [4.69, 9.17) is 15.3 Å². The molecule has 0 fully saturated rings. The van der Waals surface area contributed by atoms with Gasteiger partial charge >= 0.3 is 12.0 Å². The van der Waals surface area contributed by atoms with Crippen LogP contribution in [-0.4, -0.2) is 42.2 Å². The molecule has 20 heavy (non-hydrogen) atoms. The zero-order chi connectivity index (χ0) is 14.7. The van der Waals surface area contributed by atoms with Crippen molar-refractivity contribution in [3.63, 3.8) is 0 Å². The number of carbonyl (C=O) groups excluding carboxylic acids is 1. The molecule has 0 radical (unpaired) electrons. The van der Waals surface area contributed by atoms with E-state index in [2.05, 4.69) is 25.8 Å². The smallest absolute Gasteiger partial charge is 0.358 e. The average Bonchev–Trinajstić information content (AvgIpc) is 2.95. The Labute approximate surface area is 111 Å². The first-order valence-electron chi connectivity index (χ1n) is 5.47. The van der Waals surface area contributed by atoms with E-state index in [1.807, 2.05) is 0 Å². The molecule has 11 nitrogen and oxygen atoms in total. The summed E-state index contributed by atoms with van der Waals surface area (Å²) in [4.78, 5) is 22.6. The molecule has 0 aliphatic heterocycles. The second-order valence-electron chi connectivity index (χ2n) is 3.73. The summed E-state index contributed by atoms with van der Waals surface area (Å²) in [6.07, 6.45) is 0. The summed E-state index contributed by atoms with van der Waals surface area (Å²) in [7, 11) is 0. The van der Waals surface area contributed by atoms with Crippen molar-refractivity contribution in [2.24, 2.45) is 5.73 Å². The number of aryl methyl sites for hydroxylation is 1. The van der Waals surface area contributed by atoms with Crippen LogP contribution >= 0.6 is 0 Å². The highest BCUT2D eigenvalue weighted by molar-refractivity contribution is 5.89. The fourth-order valence-electron chi connectivity index (χ4n) is 1.47. The predicted octanol–water partition coefficient (Wildman–Crippen LogP) is -1.23. The van der Waals surface area contributed by atoms with E-state index in [-0.39, 0.29) is 30.5 Å². The monoisotopic (exact) mass is 281 g/mol. The van der Waals surface area contributed by atoms with Gasteiger partial charge in [0.05, 0.1) is 5.69 Å². The molecule has 2 aromatic heterocycles. The van der Waals surface area contributed by atoms with Crippen molar-refractivity contribution in [2.45, 2.75) is 20.0 Å². The van der Waals surface area contributed by atoms with Crippen LogP contribution in [0.4, 0.5) is 6.01 Å². The Hall–Kier alpha value is -2.82. The number of carboxylic acids is 1. The van der Waals surface area contributed by atoms with Crippen LogP contribution in [0.3, 0.4) is 0 Å². The number of hydrogen-bond donors (Lipinski definition) is 3. The molecule has 11 heteroatoms. The molecule has 2 rings (SSSR count). The Morgan fingerprint density at radius 1 is 1.40 bits per heavy atom. The number of anilines is 1. The van der Waals surface area contributed by atoms with E-state index < -0.39 is 11.9 Å². The number of amides is 1. The lowest BCUT2D eigenvalue weighted by Gasteiger charge is -2.04. The molecular weight excluding hydrogens is 270 g/mol. The molecule has 106 valence electrons. The third-order valence-electron chi connectivity index (χ3n) is 2.30. The lowest BCUT2D eigenvalue weighted by atomic mass is 10.3. The van der Waals surface area contributed by atoms with Crippen LogP contribution in [0.1, 0.15) is 22.1 Å². The van der Waals surface area contributed by atoms with Crippen molar-refractivity contribution < 1.29 is 19.1 Å². The average molecular weight is 281 g/mol. The molecule has 4 N–H and O–H groups in total. The van der Waals surface area contributed by atoms with Crippen molar-refractivity contribution >= 4 is 17.9 Å². The molecule has 0 atom stereocenters. The molecule has 0 spiro atoms. The van der Waals surface area contributed by atoms with Crippen molar-refractivity contribution in [1.82, 2.24) is 25.2 Å². The minimum Gasteiger partial charge on any atom is -0.476 e. The van der Waals surface area contributed by atoms with Gasteiger partial charge in [-0.15, -0.1) is 10.2 Å². The van der Waals surface area contributed by atoms with Crippen LogP contribution in [0.5, 0.6) is 0 Å². The molecule has 1 amide bonds. The Kier molecular flexibility index (Phi) is 3.70. The van der Waals surface area contributed by atoms with Gasteiger partial charge in [-0.1, -0.05) is 10.3 Å². The van der Waals surface area contributed by atoms with Gasteiger partial charge in [0, 0.05) is 13.5 Å². The quantitative estimate of drug-likeness (QED) is 0.608. The molecule has 0 bridgehead atoms. The maximum absolute atomic E-state index is 11.7. The van der Waals surface area contributed by atoms with E-state index >= 15 is 0 Å².